The minimum Gasteiger partial charge on any atom is -0.337 e. The molecule has 0 saturated carbocycles. The van der Waals surface area contributed by atoms with Crippen LogP contribution in [0.15, 0.2) is 27.2 Å². The summed E-state index contributed by atoms with van der Waals surface area (Å²) >= 11 is 3.27. The van der Waals surface area contributed by atoms with Crippen LogP contribution in [0.4, 0.5) is 4.39 Å². The second-order valence-electron chi connectivity index (χ2n) is 3.98. The van der Waals surface area contributed by atoms with Gasteiger partial charge in [0.2, 0.25) is 11.7 Å². The molecule has 0 aliphatic rings. The van der Waals surface area contributed by atoms with E-state index >= 15 is 0 Å². The Morgan fingerprint density at radius 2 is 2.28 bits per heavy atom. The summed E-state index contributed by atoms with van der Waals surface area (Å²) in [5.41, 5.74) is 6.57. The molecule has 0 aliphatic carbocycles. The van der Waals surface area contributed by atoms with E-state index in [2.05, 4.69) is 26.1 Å². The van der Waals surface area contributed by atoms with Gasteiger partial charge in [-0.15, -0.1) is 0 Å². The molecular weight excluding hydrogens is 301 g/mol. The first-order valence-corrected chi connectivity index (χ1v) is 6.45. The van der Waals surface area contributed by atoms with Crippen molar-refractivity contribution >= 4 is 15.9 Å². The van der Waals surface area contributed by atoms with Gasteiger partial charge in [-0.3, -0.25) is 0 Å². The molecule has 96 valence electrons. The first kappa shape index (κ1) is 13.2. The molecule has 18 heavy (non-hydrogen) atoms. The van der Waals surface area contributed by atoms with E-state index in [0.29, 0.717) is 21.8 Å². The Labute approximate surface area is 113 Å². The smallest absolute Gasteiger partial charge is 0.243 e. The van der Waals surface area contributed by atoms with Crippen LogP contribution in [0.5, 0.6) is 0 Å². The highest BCUT2D eigenvalue weighted by Gasteiger charge is 2.16. The van der Waals surface area contributed by atoms with Gasteiger partial charge in [-0.1, -0.05) is 18.5 Å². The van der Waals surface area contributed by atoms with Gasteiger partial charge in [-0.05, 0) is 40.5 Å². The molecule has 1 aromatic carbocycles. The van der Waals surface area contributed by atoms with Gasteiger partial charge in [0, 0.05) is 10.0 Å². The van der Waals surface area contributed by atoms with E-state index in [1.165, 1.54) is 12.1 Å². The van der Waals surface area contributed by atoms with E-state index < -0.39 is 0 Å². The first-order chi connectivity index (χ1) is 8.61. The van der Waals surface area contributed by atoms with Crippen molar-refractivity contribution in [3.8, 4) is 11.4 Å². The van der Waals surface area contributed by atoms with Gasteiger partial charge >= 0.3 is 0 Å². The fourth-order valence-electron chi connectivity index (χ4n) is 1.60. The summed E-state index contributed by atoms with van der Waals surface area (Å²) in [4.78, 5) is 4.23. The largest absolute Gasteiger partial charge is 0.337 e. The number of rotatable bonds is 4. The van der Waals surface area contributed by atoms with Crippen LogP contribution in [-0.4, -0.2) is 10.1 Å². The van der Waals surface area contributed by atoms with Crippen molar-refractivity contribution in [2.45, 2.75) is 25.8 Å². The Hall–Kier alpha value is -1.27. The van der Waals surface area contributed by atoms with E-state index in [1.807, 2.05) is 6.92 Å². The molecule has 1 heterocycles. The highest BCUT2D eigenvalue weighted by Crippen LogP contribution is 2.27. The molecule has 0 aliphatic heterocycles. The Morgan fingerprint density at radius 1 is 1.50 bits per heavy atom. The van der Waals surface area contributed by atoms with Crippen molar-refractivity contribution in [3.05, 3.63) is 34.4 Å². The fraction of sp³-hybridized carbons (Fsp3) is 0.333. The molecule has 0 radical (unpaired) electrons. The summed E-state index contributed by atoms with van der Waals surface area (Å²) in [5.74, 6) is 0.489. The van der Waals surface area contributed by atoms with Gasteiger partial charge in [-0.2, -0.15) is 4.98 Å². The third-order valence-electron chi connectivity index (χ3n) is 2.53. The molecule has 2 rings (SSSR count). The third-order valence-corrected chi connectivity index (χ3v) is 3.19. The van der Waals surface area contributed by atoms with E-state index in [1.54, 1.807) is 6.07 Å². The van der Waals surface area contributed by atoms with Crippen LogP contribution in [-0.2, 0) is 0 Å². The maximum atomic E-state index is 13.0. The third kappa shape index (κ3) is 2.76. The molecule has 2 N–H and O–H groups in total. The SMILES string of the molecule is CCCC(N)c1nc(-c2ccc(F)cc2Br)no1. The van der Waals surface area contributed by atoms with Crippen molar-refractivity contribution < 1.29 is 8.91 Å². The van der Waals surface area contributed by atoms with E-state index in [-0.39, 0.29) is 11.9 Å². The number of hydrogen-bond acceptors (Lipinski definition) is 4. The lowest BCUT2D eigenvalue weighted by Gasteiger charge is -2.02. The summed E-state index contributed by atoms with van der Waals surface area (Å²) in [6.07, 6.45) is 1.73. The molecule has 0 bridgehead atoms. The second kappa shape index (κ2) is 5.58. The lowest BCUT2D eigenvalue weighted by molar-refractivity contribution is 0.348. The molecule has 0 fully saturated rings. The Balaban J connectivity index is 2.29. The van der Waals surface area contributed by atoms with E-state index in [4.69, 9.17) is 10.3 Å². The van der Waals surface area contributed by atoms with Crippen molar-refractivity contribution in [3.63, 3.8) is 0 Å². The lowest BCUT2D eigenvalue weighted by atomic mass is 10.2. The fourth-order valence-corrected chi connectivity index (χ4v) is 2.13. The summed E-state index contributed by atoms with van der Waals surface area (Å²) in [7, 11) is 0. The monoisotopic (exact) mass is 313 g/mol. The average Bonchev–Trinajstić information content (AvgIpc) is 2.78. The number of aromatic nitrogens is 2. The molecule has 2 aromatic rings. The highest BCUT2D eigenvalue weighted by molar-refractivity contribution is 9.10. The van der Waals surface area contributed by atoms with Crippen LogP contribution >= 0.6 is 15.9 Å². The van der Waals surface area contributed by atoms with Gasteiger partial charge in [0.15, 0.2) is 0 Å². The lowest BCUT2D eigenvalue weighted by Crippen LogP contribution is -2.09. The van der Waals surface area contributed by atoms with Gasteiger partial charge in [0.05, 0.1) is 6.04 Å². The minimum atomic E-state index is -0.322. The summed E-state index contributed by atoms with van der Waals surface area (Å²) < 4.78 is 18.7. The summed E-state index contributed by atoms with van der Waals surface area (Å²) in [5, 5.41) is 3.86. The molecule has 1 aromatic heterocycles. The molecule has 0 spiro atoms. The van der Waals surface area contributed by atoms with Crippen LogP contribution in [0, 0.1) is 5.82 Å². The normalized spacial score (nSPS) is 12.7. The Kier molecular flexibility index (Phi) is 4.08. The molecule has 4 nitrogen and oxygen atoms in total. The molecule has 1 atom stereocenters. The van der Waals surface area contributed by atoms with E-state index in [9.17, 15) is 4.39 Å². The Morgan fingerprint density at radius 3 is 2.94 bits per heavy atom. The number of benzene rings is 1. The maximum absolute atomic E-state index is 13.0. The number of nitrogens with zero attached hydrogens (tertiary/aromatic N) is 2. The predicted octanol–water partition coefficient (Wildman–Crippen LogP) is 3.44. The molecule has 0 amide bonds. The Bertz CT molecular complexity index is 544. The molecule has 0 saturated heterocycles. The van der Waals surface area contributed by atoms with Crippen LogP contribution in [0.3, 0.4) is 0 Å². The number of halogens is 2. The van der Waals surface area contributed by atoms with Crippen molar-refractivity contribution in [1.29, 1.82) is 0 Å². The summed E-state index contributed by atoms with van der Waals surface area (Å²) in [6, 6.07) is 4.05. The van der Waals surface area contributed by atoms with Crippen molar-refractivity contribution in [2.24, 2.45) is 5.73 Å². The number of nitrogens with two attached hydrogens (primary N) is 1. The molecular formula is C12H13BrFN3O. The zero-order chi connectivity index (χ0) is 13.1. The van der Waals surface area contributed by atoms with Crippen molar-refractivity contribution in [1.82, 2.24) is 10.1 Å². The van der Waals surface area contributed by atoms with Crippen molar-refractivity contribution in [2.75, 3.05) is 0 Å². The van der Waals surface area contributed by atoms with Gasteiger partial charge in [-0.25, -0.2) is 4.39 Å². The predicted molar refractivity (Wildman–Crippen MR) is 69.2 cm³/mol. The summed E-state index contributed by atoms with van der Waals surface area (Å²) in [6.45, 7) is 2.04. The minimum absolute atomic E-state index is 0.254. The maximum Gasteiger partial charge on any atom is 0.243 e. The first-order valence-electron chi connectivity index (χ1n) is 5.66. The van der Waals surface area contributed by atoms with E-state index in [0.717, 1.165) is 12.8 Å². The van der Waals surface area contributed by atoms with Gasteiger partial charge < -0.3 is 10.3 Å². The van der Waals surface area contributed by atoms with Crippen LogP contribution in [0.1, 0.15) is 31.7 Å². The zero-order valence-corrected chi connectivity index (χ0v) is 11.4. The van der Waals surface area contributed by atoms with Crippen LogP contribution in [0.2, 0.25) is 0 Å². The topological polar surface area (TPSA) is 64.9 Å². The highest BCUT2D eigenvalue weighted by atomic mass is 79.9. The zero-order valence-electron chi connectivity index (χ0n) is 9.86. The second-order valence-corrected chi connectivity index (χ2v) is 4.83. The molecule has 1 unspecified atom stereocenters. The average molecular weight is 314 g/mol. The van der Waals surface area contributed by atoms with Gasteiger partial charge in [0.1, 0.15) is 5.82 Å². The van der Waals surface area contributed by atoms with Crippen LogP contribution in [0.25, 0.3) is 11.4 Å². The molecule has 6 heteroatoms. The standard InChI is InChI=1S/C12H13BrFN3O/c1-2-3-10(15)12-16-11(17-18-12)8-5-4-7(14)6-9(8)13/h4-6,10H,2-3,15H2,1H3. The van der Waals surface area contributed by atoms with Crippen LogP contribution < -0.4 is 5.73 Å². The van der Waals surface area contributed by atoms with Gasteiger partial charge in [0.25, 0.3) is 0 Å². The number of hydrogen-bond donors (Lipinski definition) is 1. The quantitative estimate of drug-likeness (QED) is 0.939.